The van der Waals surface area contributed by atoms with Crippen LogP contribution in [-0.4, -0.2) is 5.78 Å². The van der Waals surface area contributed by atoms with E-state index in [2.05, 4.69) is 25.6 Å². The fraction of sp³-hybridized carbons (Fsp3) is 0.133. The first kappa shape index (κ1) is 10.6. The number of benzene rings is 2. The Balaban J connectivity index is 2.79. The number of rotatable bonds is 2. The van der Waals surface area contributed by atoms with E-state index in [9.17, 15) is 4.79 Å². The minimum Gasteiger partial charge on any atom is -0.295 e. The zero-order chi connectivity index (χ0) is 11.7. The molecule has 0 amide bonds. The molecule has 0 aliphatic rings. The van der Waals surface area contributed by atoms with Crippen LogP contribution in [0.15, 0.2) is 36.9 Å². The summed E-state index contributed by atoms with van der Waals surface area (Å²) in [6.45, 7) is 7.44. The molecule has 2 aromatic rings. The van der Waals surface area contributed by atoms with E-state index in [0.29, 0.717) is 0 Å². The van der Waals surface area contributed by atoms with E-state index >= 15 is 0 Å². The van der Waals surface area contributed by atoms with E-state index in [0.717, 1.165) is 21.9 Å². The van der Waals surface area contributed by atoms with Gasteiger partial charge in [0, 0.05) is 5.56 Å². The van der Waals surface area contributed by atoms with Crippen LogP contribution < -0.4 is 0 Å². The summed E-state index contributed by atoms with van der Waals surface area (Å²) >= 11 is 0. The first-order chi connectivity index (χ1) is 7.63. The molecule has 1 heteroatoms. The van der Waals surface area contributed by atoms with Crippen LogP contribution in [0.1, 0.15) is 28.4 Å². The predicted molar refractivity (Wildman–Crippen MR) is 68.8 cm³/mol. The van der Waals surface area contributed by atoms with Crippen LogP contribution in [0.5, 0.6) is 0 Å². The minimum atomic E-state index is 0.102. The van der Waals surface area contributed by atoms with Gasteiger partial charge in [-0.05, 0) is 41.8 Å². The fourth-order valence-corrected chi connectivity index (χ4v) is 1.93. The zero-order valence-corrected chi connectivity index (χ0v) is 9.58. The Kier molecular flexibility index (Phi) is 2.61. The molecular formula is C15H14O. The second kappa shape index (κ2) is 3.93. The van der Waals surface area contributed by atoms with Crippen LogP contribution in [0.2, 0.25) is 0 Å². The number of hydrogen-bond donors (Lipinski definition) is 0. The quantitative estimate of drug-likeness (QED) is 0.685. The number of aryl methyl sites for hydroxylation is 1. The lowest BCUT2D eigenvalue weighted by Gasteiger charge is -2.07. The Hall–Kier alpha value is -1.89. The third kappa shape index (κ3) is 1.65. The molecule has 2 aromatic carbocycles. The van der Waals surface area contributed by atoms with Crippen LogP contribution >= 0.6 is 0 Å². The van der Waals surface area contributed by atoms with Crippen molar-refractivity contribution in [1.82, 2.24) is 0 Å². The Morgan fingerprint density at radius 1 is 1.25 bits per heavy atom. The summed E-state index contributed by atoms with van der Waals surface area (Å²) in [7, 11) is 0. The molecule has 0 saturated carbocycles. The summed E-state index contributed by atoms with van der Waals surface area (Å²) in [5.74, 6) is 0.102. The number of fused-ring (bicyclic) bond motifs is 1. The maximum atomic E-state index is 11.3. The van der Waals surface area contributed by atoms with E-state index in [1.807, 2.05) is 24.3 Å². The lowest BCUT2D eigenvalue weighted by molar-refractivity contribution is 0.101. The van der Waals surface area contributed by atoms with Crippen LogP contribution in [0.4, 0.5) is 0 Å². The molecule has 0 heterocycles. The largest absolute Gasteiger partial charge is 0.295 e. The molecule has 0 spiro atoms. The number of ketones is 1. The summed E-state index contributed by atoms with van der Waals surface area (Å²) in [5.41, 5.74) is 3.06. The topological polar surface area (TPSA) is 17.1 Å². The Morgan fingerprint density at radius 3 is 2.56 bits per heavy atom. The van der Waals surface area contributed by atoms with Crippen molar-refractivity contribution >= 4 is 22.6 Å². The standard InChI is InChI=1S/C15H14O/c1-4-12-5-6-13-7-8-14(11(3)16)9-15(13)10(12)2/h4-9H,1H2,2-3H3. The van der Waals surface area contributed by atoms with Gasteiger partial charge in [0.05, 0.1) is 0 Å². The van der Waals surface area contributed by atoms with Gasteiger partial charge in [0.1, 0.15) is 0 Å². The Morgan fingerprint density at radius 2 is 1.94 bits per heavy atom. The van der Waals surface area contributed by atoms with Gasteiger partial charge < -0.3 is 0 Å². The highest BCUT2D eigenvalue weighted by Crippen LogP contribution is 2.24. The van der Waals surface area contributed by atoms with Crippen molar-refractivity contribution in [2.24, 2.45) is 0 Å². The molecule has 0 fully saturated rings. The molecule has 0 radical (unpaired) electrons. The SMILES string of the molecule is C=Cc1ccc2ccc(C(C)=O)cc2c1C. The predicted octanol–water partition coefficient (Wildman–Crippen LogP) is 3.99. The van der Waals surface area contributed by atoms with Crippen molar-refractivity contribution in [3.63, 3.8) is 0 Å². The molecule has 2 rings (SSSR count). The number of hydrogen-bond acceptors (Lipinski definition) is 1. The molecule has 0 atom stereocenters. The van der Waals surface area contributed by atoms with E-state index < -0.39 is 0 Å². The lowest BCUT2D eigenvalue weighted by Crippen LogP contribution is -1.92. The molecule has 80 valence electrons. The van der Waals surface area contributed by atoms with Gasteiger partial charge in [-0.1, -0.05) is 36.9 Å². The maximum absolute atomic E-state index is 11.3. The fourth-order valence-electron chi connectivity index (χ4n) is 1.93. The average molecular weight is 210 g/mol. The van der Waals surface area contributed by atoms with Gasteiger partial charge in [-0.3, -0.25) is 4.79 Å². The van der Waals surface area contributed by atoms with Crippen molar-refractivity contribution in [2.75, 3.05) is 0 Å². The van der Waals surface area contributed by atoms with Gasteiger partial charge in [0.15, 0.2) is 5.78 Å². The van der Waals surface area contributed by atoms with Gasteiger partial charge >= 0.3 is 0 Å². The van der Waals surface area contributed by atoms with Gasteiger partial charge in [0.25, 0.3) is 0 Å². The maximum Gasteiger partial charge on any atom is 0.159 e. The monoisotopic (exact) mass is 210 g/mol. The van der Waals surface area contributed by atoms with Gasteiger partial charge in [0.2, 0.25) is 0 Å². The van der Waals surface area contributed by atoms with Crippen molar-refractivity contribution in [3.05, 3.63) is 53.6 Å². The highest BCUT2D eigenvalue weighted by Gasteiger charge is 2.04. The lowest BCUT2D eigenvalue weighted by atomic mass is 9.97. The number of Topliss-reactive ketones (excluding diaryl/α,β-unsaturated/α-hetero) is 1. The Labute approximate surface area is 95.4 Å². The number of carbonyl (C=O) groups excluding carboxylic acids is 1. The molecule has 0 N–H and O–H groups in total. The van der Waals surface area contributed by atoms with E-state index in [1.165, 1.54) is 5.56 Å². The third-order valence-electron chi connectivity index (χ3n) is 2.96. The first-order valence-corrected chi connectivity index (χ1v) is 5.30. The van der Waals surface area contributed by atoms with Crippen LogP contribution in [0.25, 0.3) is 16.8 Å². The van der Waals surface area contributed by atoms with Crippen LogP contribution in [0, 0.1) is 6.92 Å². The van der Waals surface area contributed by atoms with Crippen molar-refractivity contribution in [1.29, 1.82) is 0 Å². The first-order valence-electron chi connectivity index (χ1n) is 5.30. The molecule has 16 heavy (non-hydrogen) atoms. The van der Waals surface area contributed by atoms with Crippen LogP contribution in [0.3, 0.4) is 0 Å². The van der Waals surface area contributed by atoms with E-state index in [-0.39, 0.29) is 5.78 Å². The van der Waals surface area contributed by atoms with Gasteiger partial charge in [-0.25, -0.2) is 0 Å². The molecule has 1 nitrogen and oxygen atoms in total. The van der Waals surface area contributed by atoms with Crippen molar-refractivity contribution < 1.29 is 4.79 Å². The van der Waals surface area contributed by atoms with Gasteiger partial charge in [-0.2, -0.15) is 0 Å². The Bertz CT molecular complexity index is 579. The summed E-state index contributed by atoms with van der Waals surface area (Å²) in [5, 5.41) is 2.29. The summed E-state index contributed by atoms with van der Waals surface area (Å²) in [4.78, 5) is 11.3. The highest BCUT2D eigenvalue weighted by molar-refractivity contribution is 5.99. The second-order valence-corrected chi connectivity index (χ2v) is 3.98. The smallest absolute Gasteiger partial charge is 0.159 e. The zero-order valence-electron chi connectivity index (χ0n) is 9.58. The van der Waals surface area contributed by atoms with E-state index in [4.69, 9.17) is 0 Å². The minimum absolute atomic E-state index is 0.102. The summed E-state index contributed by atoms with van der Waals surface area (Å²) < 4.78 is 0. The summed E-state index contributed by atoms with van der Waals surface area (Å²) in [6.07, 6.45) is 1.84. The molecule has 0 saturated heterocycles. The molecule has 0 unspecified atom stereocenters. The average Bonchev–Trinajstić information content (AvgIpc) is 2.29. The number of carbonyl (C=O) groups is 1. The molecule has 0 aliphatic heterocycles. The molecular weight excluding hydrogens is 196 g/mol. The summed E-state index contributed by atoms with van der Waals surface area (Å²) in [6, 6.07) is 9.94. The molecule has 0 aromatic heterocycles. The van der Waals surface area contributed by atoms with Crippen molar-refractivity contribution in [2.45, 2.75) is 13.8 Å². The second-order valence-electron chi connectivity index (χ2n) is 3.98. The van der Waals surface area contributed by atoms with Crippen LogP contribution in [-0.2, 0) is 0 Å². The van der Waals surface area contributed by atoms with Crippen molar-refractivity contribution in [3.8, 4) is 0 Å². The molecule has 0 bridgehead atoms. The normalized spacial score (nSPS) is 10.4. The van der Waals surface area contributed by atoms with Gasteiger partial charge in [-0.15, -0.1) is 0 Å². The highest BCUT2D eigenvalue weighted by atomic mass is 16.1. The van der Waals surface area contributed by atoms with E-state index in [1.54, 1.807) is 6.92 Å². The third-order valence-corrected chi connectivity index (χ3v) is 2.96. The molecule has 0 aliphatic carbocycles.